The standard InChI is InChI=1S/C19H23NO2/c1-4-22-17-10-7-16(8-11-17)9-12-19(21)20-18-13-14(2)5-6-15(18)3/h5-8,10-11,13H,4,9,12H2,1-3H3,(H,20,21). The van der Waals surface area contributed by atoms with Gasteiger partial charge in [0.05, 0.1) is 6.61 Å². The van der Waals surface area contributed by atoms with Gasteiger partial charge in [0.15, 0.2) is 0 Å². The van der Waals surface area contributed by atoms with Gasteiger partial charge in [0.1, 0.15) is 5.75 Å². The van der Waals surface area contributed by atoms with Gasteiger partial charge in [0, 0.05) is 12.1 Å². The number of nitrogens with one attached hydrogen (secondary N) is 1. The molecule has 0 saturated carbocycles. The molecule has 0 unspecified atom stereocenters. The van der Waals surface area contributed by atoms with Crippen LogP contribution in [0.25, 0.3) is 0 Å². The summed E-state index contributed by atoms with van der Waals surface area (Å²) in [6.45, 7) is 6.65. The van der Waals surface area contributed by atoms with Crippen molar-refractivity contribution in [1.29, 1.82) is 0 Å². The normalized spacial score (nSPS) is 10.3. The molecule has 116 valence electrons. The number of benzene rings is 2. The molecule has 3 heteroatoms. The molecule has 2 aromatic carbocycles. The molecule has 0 aliphatic heterocycles. The molecule has 0 aliphatic rings. The van der Waals surface area contributed by atoms with E-state index in [-0.39, 0.29) is 5.91 Å². The molecule has 3 nitrogen and oxygen atoms in total. The van der Waals surface area contributed by atoms with Crippen LogP contribution in [0.3, 0.4) is 0 Å². The van der Waals surface area contributed by atoms with E-state index in [2.05, 4.69) is 5.32 Å². The van der Waals surface area contributed by atoms with E-state index in [1.54, 1.807) is 0 Å². The van der Waals surface area contributed by atoms with Crippen molar-refractivity contribution in [3.8, 4) is 5.75 Å². The number of carbonyl (C=O) groups excluding carboxylic acids is 1. The first kappa shape index (κ1) is 16.1. The number of carbonyl (C=O) groups is 1. The van der Waals surface area contributed by atoms with Gasteiger partial charge in [-0.3, -0.25) is 4.79 Å². The Morgan fingerprint density at radius 1 is 1.09 bits per heavy atom. The summed E-state index contributed by atoms with van der Waals surface area (Å²) in [5, 5.41) is 2.99. The maximum absolute atomic E-state index is 12.1. The summed E-state index contributed by atoms with van der Waals surface area (Å²) in [5.74, 6) is 0.911. The molecule has 0 aromatic heterocycles. The Bertz CT molecular complexity index is 632. The molecule has 2 aromatic rings. The van der Waals surface area contributed by atoms with Crippen LogP contribution in [0.2, 0.25) is 0 Å². The second kappa shape index (κ2) is 7.64. The second-order valence-electron chi connectivity index (χ2n) is 5.44. The monoisotopic (exact) mass is 297 g/mol. The lowest BCUT2D eigenvalue weighted by molar-refractivity contribution is -0.116. The number of aryl methyl sites for hydroxylation is 3. The van der Waals surface area contributed by atoms with E-state index in [9.17, 15) is 4.79 Å². The number of anilines is 1. The van der Waals surface area contributed by atoms with Gasteiger partial charge < -0.3 is 10.1 Å². The summed E-state index contributed by atoms with van der Waals surface area (Å²) in [7, 11) is 0. The molecule has 1 amide bonds. The highest BCUT2D eigenvalue weighted by Gasteiger charge is 2.06. The van der Waals surface area contributed by atoms with Gasteiger partial charge in [-0.15, -0.1) is 0 Å². The quantitative estimate of drug-likeness (QED) is 0.864. The largest absolute Gasteiger partial charge is 0.494 e. The van der Waals surface area contributed by atoms with E-state index in [4.69, 9.17) is 4.74 Å². The second-order valence-corrected chi connectivity index (χ2v) is 5.44. The van der Waals surface area contributed by atoms with Crippen molar-refractivity contribution in [2.45, 2.75) is 33.6 Å². The van der Waals surface area contributed by atoms with Gasteiger partial charge in [-0.2, -0.15) is 0 Å². The van der Waals surface area contributed by atoms with Crippen LogP contribution < -0.4 is 10.1 Å². The molecule has 0 spiro atoms. The van der Waals surface area contributed by atoms with Crippen LogP contribution in [-0.2, 0) is 11.2 Å². The van der Waals surface area contributed by atoms with Crippen LogP contribution in [0.1, 0.15) is 30.0 Å². The number of rotatable bonds is 6. The van der Waals surface area contributed by atoms with Crippen molar-refractivity contribution in [1.82, 2.24) is 0 Å². The van der Waals surface area contributed by atoms with Crippen LogP contribution >= 0.6 is 0 Å². The molecule has 0 bridgehead atoms. The van der Waals surface area contributed by atoms with Gasteiger partial charge in [-0.1, -0.05) is 24.3 Å². The zero-order valence-electron chi connectivity index (χ0n) is 13.5. The molecule has 22 heavy (non-hydrogen) atoms. The summed E-state index contributed by atoms with van der Waals surface area (Å²) < 4.78 is 5.41. The maximum atomic E-state index is 12.1. The summed E-state index contributed by atoms with van der Waals surface area (Å²) >= 11 is 0. The van der Waals surface area contributed by atoms with Crippen LogP contribution in [0.15, 0.2) is 42.5 Å². The molecule has 0 heterocycles. The molecular formula is C19H23NO2. The Kier molecular flexibility index (Phi) is 5.59. The molecule has 0 aliphatic carbocycles. The van der Waals surface area contributed by atoms with Crippen molar-refractivity contribution in [2.24, 2.45) is 0 Å². The zero-order valence-corrected chi connectivity index (χ0v) is 13.5. The minimum atomic E-state index is 0.0441. The number of amides is 1. The molecule has 0 atom stereocenters. The molecule has 0 fully saturated rings. The Labute approximate surface area is 132 Å². The van der Waals surface area contributed by atoms with E-state index in [1.807, 2.05) is 63.2 Å². The van der Waals surface area contributed by atoms with Crippen molar-refractivity contribution >= 4 is 11.6 Å². The SMILES string of the molecule is CCOc1ccc(CCC(=O)Nc2cc(C)ccc2C)cc1. The van der Waals surface area contributed by atoms with E-state index >= 15 is 0 Å². The first-order valence-corrected chi connectivity index (χ1v) is 7.67. The van der Waals surface area contributed by atoms with E-state index in [0.717, 1.165) is 34.5 Å². The number of ether oxygens (including phenoxy) is 1. The molecule has 2 rings (SSSR count). The number of hydrogen-bond donors (Lipinski definition) is 1. The minimum absolute atomic E-state index is 0.0441. The summed E-state index contributed by atoms with van der Waals surface area (Å²) in [4.78, 5) is 12.1. The van der Waals surface area contributed by atoms with Crippen LogP contribution in [0.4, 0.5) is 5.69 Å². The van der Waals surface area contributed by atoms with Gasteiger partial charge >= 0.3 is 0 Å². The average molecular weight is 297 g/mol. The van der Waals surface area contributed by atoms with Crippen molar-refractivity contribution in [3.63, 3.8) is 0 Å². The fourth-order valence-electron chi connectivity index (χ4n) is 2.26. The Morgan fingerprint density at radius 3 is 2.50 bits per heavy atom. The predicted octanol–water partition coefficient (Wildman–Crippen LogP) is 4.27. The first-order valence-electron chi connectivity index (χ1n) is 7.67. The van der Waals surface area contributed by atoms with E-state index in [0.29, 0.717) is 13.0 Å². The highest BCUT2D eigenvalue weighted by Crippen LogP contribution is 2.17. The van der Waals surface area contributed by atoms with Crippen molar-refractivity contribution in [3.05, 3.63) is 59.2 Å². The Balaban J connectivity index is 1.88. The van der Waals surface area contributed by atoms with Crippen molar-refractivity contribution in [2.75, 3.05) is 11.9 Å². The summed E-state index contributed by atoms with van der Waals surface area (Å²) in [6, 6.07) is 14.0. The van der Waals surface area contributed by atoms with Crippen LogP contribution in [-0.4, -0.2) is 12.5 Å². The van der Waals surface area contributed by atoms with Gasteiger partial charge in [0.25, 0.3) is 0 Å². The minimum Gasteiger partial charge on any atom is -0.494 e. The molecular weight excluding hydrogens is 274 g/mol. The first-order chi connectivity index (χ1) is 10.6. The third kappa shape index (κ3) is 4.62. The van der Waals surface area contributed by atoms with Gasteiger partial charge in [0.2, 0.25) is 5.91 Å². The fourth-order valence-corrected chi connectivity index (χ4v) is 2.26. The topological polar surface area (TPSA) is 38.3 Å². The lowest BCUT2D eigenvalue weighted by Gasteiger charge is -2.09. The van der Waals surface area contributed by atoms with E-state index < -0.39 is 0 Å². The molecule has 0 radical (unpaired) electrons. The Morgan fingerprint density at radius 2 is 1.82 bits per heavy atom. The lowest BCUT2D eigenvalue weighted by Crippen LogP contribution is -2.13. The third-order valence-electron chi connectivity index (χ3n) is 3.54. The Hall–Kier alpha value is -2.29. The smallest absolute Gasteiger partial charge is 0.224 e. The maximum Gasteiger partial charge on any atom is 0.224 e. The van der Waals surface area contributed by atoms with Gasteiger partial charge in [-0.25, -0.2) is 0 Å². The third-order valence-corrected chi connectivity index (χ3v) is 3.54. The zero-order chi connectivity index (χ0) is 15.9. The van der Waals surface area contributed by atoms with Crippen molar-refractivity contribution < 1.29 is 9.53 Å². The summed E-state index contributed by atoms with van der Waals surface area (Å²) in [5.41, 5.74) is 4.27. The fraction of sp³-hybridized carbons (Fsp3) is 0.316. The lowest BCUT2D eigenvalue weighted by atomic mass is 10.1. The summed E-state index contributed by atoms with van der Waals surface area (Å²) in [6.07, 6.45) is 1.20. The van der Waals surface area contributed by atoms with E-state index in [1.165, 1.54) is 0 Å². The van der Waals surface area contributed by atoms with Gasteiger partial charge in [-0.05, 0) is 62.1 Å². The van der Waals surface area contributed by atoms with Crippen LogP contribution in [0, 0.1) is 13.8 Å². The van der Waals surface area contributed by atoms with Crippen LogP contribution in [0.5, 0.6) is 5.75 Å². The highest BCUT2D eigenvalue weighted by molar-refractivity contribution is 5.91. The number of hydrogen-bond acceptors (Lipinski definition) is 2. The highest BCUT2D eigenvalue weighted by atomic mass is 16.5. The molecule has 1 N–H and O–H groups in total. The predicted molar refractivity (Wildman–Crippen MR) is 90.5 cm³/mol. The average Bonchev–Trinajstić information content (AvgIpc) is 2.51. The molecule has 0 saturated heterocycles.